The van der Waals surface area contributed by atoms with E-state index in [1.807, 2.05) is 19.1 Å². The summed E-state index contributed by atoms with van der Waals surface area (Å²) in [6, 6.07) is 12.3. The third-order valence-corrected chi connectivity index (χ3v) is 3.81. The normalized spacial score (nSPS) is 16.7. The van der Waals surface area contributed by atoms with Gasteiger partial charge in [-0.2, -0.15) is 0 Å². The number of rotatable bonds is 5. The number of benzene rings is 2. The molecule has 5 nitrogen and oxygen atoms in total. The van der Waals surface area contributed by atoms with Gasteiger partial charge in [-0.1, -0.05) is 31.5 Å². The van der Waals surface area contributed by atoms with Crippen LogP contribution in [0, 0.1) is 0 Å². The van der Waals surface area contributed by atoms with Crippen LogP contribution in [0.5, 0.6) is 17.2 Å². The van der Waals surface area contributed by atoms with Gasteiger partial charge in [0.1, 0.15) is 23.4 Å². The van der Waals surface area contributed by atoms with E-state index in [4.69, 9.17) is 9.47 Å². The molecule has 1 aliphatic heterocycles. The number of fused-ring (bicyclic) bond motifs is 2. The summed E-state index contributed by atoms with van der Waals surface area (Å²) in [7, 11) is 0. The van der Waals surface area contributed by atoms with Crippen molar-refractivity contribution in [1.29, 1.82) is 0 Å². The Labute approximate surface area is 134 Å². The molecule has 0 bridgehead atoms. The van der Waals surface area contributed by atoms with E-state index in [0.29, 0.717) is 41.2 Å². The third kappa shape index (κ3) is 3.00. The second kappa shape index (κ2) is 6.30. The molecular weight excluding hydrogens is 296 g/mol. The molecule has 0 radical (unpaired) electrons. The van der Waals surface area contributed by atoms with Crippen molar-refractivity contribution >= 4 is 5.97 Å². The molecule has 2 aromatic carbocycles. The number of para-hydroxylation sites is 1. The molecule has 2 atom stereocenters. The van der Waals surface area contributed by atoms with Gasteiger partial charge < -0.3 is 19.7 Å². The molecule has 0 fully saturated rings. The first-order chi connectivity index (χ1) is 11.1. The molecule has 1 aliphatic rings. The molecule has 23 heavy (non-hydrogen) atoms. The van der Waals surface area contributed by atoms with Gasteiger partial charge in [0.05, 0.1) is 0 Å². The first-order valence-corrected chi connectivity index (χ1v) is 7.58. The summed E-state index contributed by atoms with van der Waals surface area (Å²) in [6.07, 6.45) is -0.588. The van der Waals surface area contributed by atoms with E-state index in [-0.39, 0.29) is 0 Å². The number of ether oxygens (including phenoxy) is 2. The van der Waals surface area contributed by atoms with Crippen LogP contribution in [0.1, 0.15) is 37.0 Å². The van der Waals surface area contributed by atoms with Crippen molar-refractivity contribution in [1.82, 2.24) is 0 Å². The number of aliphatic carboxylic acids is 1. The van der Waals surface area contributed by atoms with E-state index in [1.165, 1.54) is 0 Å². The lowest BCUT2D eigenvalue weighted by Gasteiger charge is -2.25. The number of carbonyl (C=O) groups is 1. The van der Waals surface area contributed by atoms with Gasteiger partial charge in [0.15, 0.2) is 6.10 Å². The van der Waals surface area contributed by atoms with Crippen molar-refractivity contribution in [3.05, 3.63) is 53.6 Å². The first-order valence-electron chi connectivity index (χ1n) is 7.58. The summed E-state index contributed by atoms with van der Waals surface area (Å²) in [6.45, 7) is 1.90. The highest BCUT2D eigenvalue weighted by molar-refractivity contribution is 5.72. The van der Waals surface area contributed by atoms with Crippen LogP contribution in [0.4, 0.5) is 0 Å². The Bertz CT molecular complexity index is 725. The fourth-order valence-electron chi connectivity index (χ4n) is 2.65. The average molecular weight is 314 g/mol. The van der Waals surface area contributed by atoms with Crippen LogP contribution < -0.4 is 9.47 Å². The minimum Gasteiger partial charge on any atom is -0.479 e. The molecule has 0 amide bonds. The minimum atomic E-state index is -0.994. The Morgan fingerprint density at radius 2 is 1.96 bits per heavy atom. The molecule has 1 heterocycles. The fraction of sp³-hybridized carbons (Fsp3) is 0.278. The van der Waals surface area contributed by atoms with Crippen LogP contribution in [0.15, 0.2) is 42.5 Å². The molecule has 5 heteroatoms. The SMILES string of the molecule is CCCC(Oc1ccc2c(c1)C(O)c1ccccc1O2)C(=O)O. The van der Waals surface area contributed by atoms with Gasteiger partial charge in [-0.15, -0.1) is 0 Å². The number of carboxylic acids is 1. The van der Waals surface area contributed by atoms with E-state index in [0.717, 1.165) is 0 Å². The monoisotopic (exact) mass is 314 g/mol. The molecule has 0 spiro atoms. The summed E-state index contributed by atoms with van der Waals surface area (Å²) >= 11 is 0. The average Bonchev–Trinajstić information content (AvgIpc) is 2.55. The van der Waals surface area contributed by atoms with Crippen molar-refractivity contribution in [2.24, 2.45) is 0 Å². The summed E-state index contributed by atoms with van der Waals surface area (Å²) in [5.41, 5.74) is 1.25. The van der Waals surface area contributed by atoms with Crippen LogP contribution in [0.25, 0.3) is 0 Å². The van der Waals surface area contributed by atoms with Crippen molar-refractivity contribution in [3.63, 3.8) is 0 Å². The van der Waals surface area contributed by atoms with E-state index in [9.17, 15) is 15.0 Å². The maximum atomic E-state index is 11.2. The molecule has 2 N–H and O–H groups in total. The van der Waals surface area contributed by atoms with E-state index >= 15 is 0 Å². The fourth-order valence-corrected chi connectivity index (χ4v) is 2.65. The predicted molar refractivity (Wildman–Crippen MR) is 84.0 cm³/mol. The van der Waals surface area contributed by atoms with Gasteiger partial charge >= 0.3 is 5.97 Å². The smallest absolute Gasteiger partial charge is 0.344 e. The number of hydrogen-bond acceptors (Lipinski definition) is 4. The molecule has 0 aromatic heterocycles. The standard InChI is InChI=1S/C18H18O5/c1-2-5-16(18(20)21)22-11-8-9-15-13(10-11)17(19)12-6-3-4-7-14(12)23-15/h3-4,6-10,16-17,19H,2,5H2,1H3,(H,20,21). The zero-order valence-corrected chi connectivity index (χ0v) is 12.7. The molecule has 120 valence electrons. The highest BCUT2D eigenvalue weighted by Gasteiger charge is 2.26. The van der Waals surface area contributed by atoms with Crippen LogP contribution in [-0.4, -0.2) is 22.3 Å². The topological polar surface area (TPSA) is 76.0 Å². The van der Waals surface area contributed by atoms with E-state index < -0.39 is 18.2 Å². The maximum Gasteiger partial charge on any atom is 0.344 e. The molecule has 2 unspecified atom stereocenters. The Balaban J connectivity index is 1.89. The highest BCUT2D eigenvalue weighted by atomic mass is 16.5. The van der Waals surface area contributed by atoms with Crippen molar-refractivity contribution in [2.45, 2.75) is 32.0 Å². The zero-order chi connectivity index (χ0) is 16.4. The Morgan fingerprint density at radius 1 is 1.22 bits per heavy atom. The van der Waals surface area contributed by atoms with E-state index in [2.05, 4.69) is 0 Å². The van der Waals surface area contributed by atoms with Crippen LogP contribution in [0.2, 0.25) is 0 Å². The predicted octanol–water partition coefficient (Wildman–Crippen LogP) is 3.51. The zero-order valence-electron chi connectivity index (χ0n) is 12.7. The molecule has 0 saturated heterocycles. The number of carboxylic acid groups (broad SMARTS) is 1. The number of aliphatic hydroxyl groups is 1. The van der Waals surface area contributed by atoms with Crippen molar-refractivity contribution < 1.29 is 24.5 Å². The molecule has 2 aromatic rings. The Kier molecular flexibility index (Phi) is 4.21. The Morgan fingerprint density at radius 3 is 2.70 bits per heavy atom. The summed E-state index contributed by atoms with van der Waals surface area (Å²) in [5, 5.41) is 19.7. The third-order valence-electron chi connectivity index (χ3n) is 3.81. The Hall–Kier alpha value is -2.53. The van der Waals surface area contributed by atoms with Gasteiger partial charge in [-0.05, 0) is 30.7 Å². The minimum absolute atomic E-state index is 0.409. The highest BCUT2D eigenvalue weighted by Crippen LogP contribution is 2.43. The quantitative estimate of drug-likeness (QED) is 0.883. The second-order valence-corrected chi connectivity index (χ2v) is 5.48. The summed E-state index contributed by atoms with van der Waals surface area (Å²) in [5.74, 6) is 0.583. The van der Waals surface area contributed by atoms with Crippen LogP contribution >= 0.6 is 0 Å². The molecule has 0 saturated carbocycles. The molecular formula is C18H18O5. The van der Waals surface area contributed by atoms with Gasteiger partial charge in [-0.25, -0.2) is 4.79 Å². The van der Waals surface area contributed by atoms with Gasteiger partial charge in [0.25, 0.3) is 0 Å². The van der Waals surface area contributed by atoms with Gasteiger partial charge in [-0.3, -0.25) is 0 Å². The lowest BCUT2D eigenvalue weighted by Crippen LogP contribution is -2.26. The summed E-state index contributed by atoms with van der Waals surface area (Å²) < 4.78 is 11.3. The lowest BCUT2D eigenvalue weighted by atomic mass is 9.97. The van der Waals surface area contributed by atoms with Crippen LogP contribution in [0.3, 0.4) is 0 Å². The first kappa shape index (κ1) is 15.4. The molecule has 0 aliphatic carbocycles. The lowest BCUT2D eigenvalue weighted by molar-refractivity contribution is -0.145. The number of aliphatic hydroxyl groups excluding tert-OH is 1. The number of hydrogen-bond donors (Lipinski definition) is 2. The van der Waals surface area contributed by atoms with Gasteiger partial charge in [0, 0.05) is 11.1 Å². The van der Waals surface area contributed by atoms with Crippen LogP contribution in [-0.2, 0) is 4.79 Å². The maximum absolute atomic E-state index is 11.2. The van der Waals surface area contributed by atoms with Gasteiger partial charge in [0.2, 0.25) is 0 Å². The second-order valence-electron chi connectivity index (χ2n) is 5.48. The van der Waals surface area contributed by atoms with Crippen molar-refractivity contribution in [2.75, 3.05) is 0 Å². The van der Waals surface area contributed by atoms with Crippen molar-refractivity contribution in [3.8, 4) is 17.2 Å². The summed E-state index contributed by atoms with van der Waals surface area (Å²) in [4.78, 5) is 11.2. The largest absolute Gasteiger partial charge is 0.479 e. The molecule has 3 rings (SSSR count). The van der Waals surface area contributed by atoms with E-state index in [1.54, 1.807) is 30.3 Å².